The van der Waals surface area contributed by atoms with Crippen LogP contribution in [0.2, 0.25) is 5.15 Å². The van der Waals surface area contributed by atoms with Crippen molar-refractivity contribution in [2.24, 2.45) is 0 Å². The number of amides is 1. The van der Waals surface area contributed by atoms with Gasteiger partial charge in [0.2, 0.25) is 5.43 Å². The minimum atomic E-state index is -0.352. The second-order valence-electron chi connectivity index (χ2n) is 5.86. The molecule has 2 bridgehead atoms. The number of ether oxygens (including phenoxy) is 1. The Morgan fingerprint density at radius 2 is 2.30 bits per heavy atom. The van der Waals surface area contributed by atoms with Crippen LogP contribution in [0.3, 0.4) is 0 Å². The summed E-state index contributed by atoms with van der Waals surface area (Å²) in [5, 5.41) is 8.22. The number of hydrogen-bond donors (Lipinski definition) is 0. The Kier molecular flexibility index (Phi) is 3.35. The van der Waals surface area contributed by atoms with E-state index in [-0.39, 0.29) is 34.2 Å². The molecule has 2 atom stereocenters. The fourth-order valence-corrected chi connectivity index (χ4v) is 3.50. The largest absolute Gasteiger partial charge is 0.374 e. The van der Waals surface area contributed by atoms with Gasteiger partial charge in [-0.3, -0.25) is 9.59 Å². The molecule has 4 heterocycles. The first-order chi connectivity index (χ1) is 11.1. The lowest BCUT2D eigenvalue weighted by molar-refractivity contribution is 0.0258. The molecule has 2 fully saturated rings. The number of aromatic nitrogens is 3. The first-order valence-electron chi connectivity index (χ1n) is 7.57. The molecule has 0 radical (unpaired) electrons. The molecule has 2 aromatic heterocycles. The highest BCUT2D eigenvalue weighted by atomic mass is 35.5. The summed E-state index contributed by atoms with van der Waals surface area (Å²) in [5.74, 6) is -0.247. The van der Waals surface area contributed by atoms with Crippen LogP contribution in [-0.4, -0.2) is 50.9 Å². The standard InChI is InChI=1S/C15H15ClN4O3/c1-2-19-6-11(13(21)10-4-12(16)17-18-14(10)19)15(22)20-5-9-3-8(20)7-23-9/h4,6,8-9H,2-3,5,7H2,1H3/t8-,9-/m0/s1. The Morgan fingerprint density at radius 1 is 1.48 bits per heavy atom. The van der Waals surface area contributed by atoms with Gasteiger partial charge in [0.1, 0.15) is 5.56 Å². The lowest BCUT2D eigenvalue weighted by Crippen LogP contribution is -2.43. The highest BCUT2D eigenvalue weighted by Crippen LogP contribution is 2.28. The second-order valence-corrected chi connectivity index (χ2v) is 6.25. The van der Waals surface area contributed by atoms with Crippen molar-refractivity contribution < 1.29 is 9.53 Å². The number of carbonyl (C=O) groups excluding carboxylic acids is 1. The van der Waals surface area contributed by atoms with Gasteiger partial charge in [-0.15, -0.1) is 10.2 Å². The van der Waals surface area contributed by atoms with Crippen molar-refractivity contribution in [1.82, 2.24) is 19.7 Å². The SMILES string of the molecule is CCn1cc(C(=O)N2C[C@@H]3C[C@H]2CO3)c(=O)c2cc(Cl)nnc21. The maximum Gasteiger partial charge on any atom is 0.259 e. The first kappa shape index (κ1) is 14.6. The fourth-order valence-electron chi connectivity index (χ4n) is 3.36. The topological polar surface area (TPSA) is 77.3 Å². The molecule has 2 aliphatic heterocycles. The zero-order chi connectivity index (χ0) is 16.1. The van der Waals surface area contributed by atoms with E-state index in [0.717, 1.165) is 6.42 Å². The van der Waals surface area contributed by atoms with Crippen molar-refractivity contribution in [2.75, 3.05) is 13.2 Å². The molecular formula is C15H15ClN4O3. The summed E-state index contributed by atoms with van der Waals surface area (Å²) >= 11 is 5.86. The Balaban J connectivity index is 1.85. The molecule has 8 heteroatoms. The van der Waals surface area contributed by atoms with Crippen molar-refractivity contribution in [1.29, 1.82) is 0 Å². The van der Waals surface area contributed by atoms with E-state index in [1.54, 1.807) is 15.7 Å². The van der Waals surface area contributed by atoms with Crippen LogP contribution in [0.15, 0.2) is 17.1 Å². The number of fused-ring (bicyclic) bond motifs is 3. The maximum absolute atomic E-state index is 12.8. The Morgan fingerprint density at radius 3 is 2.96 bits per heavy atom. The molecule has 0 aliphatic carbocycles. The van der Waals surface area contributed by atoms with Crippen molar-refractivity contribution in [3.05, 3.63) is 33.2 Å². The minimum Gasteiger partial charge on any atom is -0.374 e. The van der Waals surface area contributed by atoms with E-state index in [1.165, 1.54) is 6.07 Å². The lowest BCUT2D eigenvalue weighted by Gasteiger charge is -2.27. The van der Waals surface area contributed by atoms with Crippen LogP contribution >= 0.6 is 11.6 Å². The number of likely N-dealkylation sites (tertiary alicyclic amines) is 1. The third kappa shape index (κ3) is 2.22. The van der Waals surface area contributed by atoms with E-state index in [4.69, 9.17) is 16.3 Å². The van der Waals surface area contributed by atoms with E-state index in [0.29, 0.717) is 30.7 Å². The van der Waals surface area contributed by atoms with Crippen LogP contribution in [0.1, 0.15) is 23.7 Å². The summed E-state index contributed by atoms with van der Waals surface area (Å²) in [6.45, 7) is 3.58. The molecule has 0 saturated carbocycles. The number of hydrogen-bond acceptors (Lipinski definition) is 5. The summed E-state index contributed by atoms with van der Waals surface area (Å²) in [6.07, 6.45) is 2.51. The molecule has 2 saturated heterocycles. The Hall–Kier alpha value is -1.99. The molecule has 4 rings (SSSR count). The molecule has 2 aliphatic rings. The van der Waals surface area contributed by atoms with Crippen molar-refractivity contribution in [2.45, 2.75) is 32.0 Å². The summed E-state index contributed by atoms with van der Waals surface area (Å²) in [5.41, 5.74) is 0.232. The van der Waals surface area contributed by atoms with E-state index >= 15 is 0 Å². The molecular weight excluding hydrogens is 320 g/mol. The zero-order valence-corrected chi connectivity index (χ0v) is 13.3. The molecule has 120 valence electrons. The van der Waals surface area contributed by atoms with Gasteiger partial charge in [0, 0.05) is 19.3 Å². The quantitative estimate of drug-likeness (QED) is 0.821. The maximum atomic E-state index is 12.8. The van der Waals surface area contributed by atoms with E-state index in [1.807, 2.05) is 6.92 Å². The van der Waals surface area contributed by atoms with Gasteiger partial charge in [-0.1, -0.05) is 11.6 Å². The molecule has 2 aromatic rings. The first-order valence-corrected chi connectivity index (χ1v) is 7.95. The van der Waals surface area contributed by atoms with Crippen molar-refractivity contribution >= 4 is 28.5 Å². The van der Waals surface area contributed by atoms with Crippen LogP contribution in [0.4, 0.5) is 0 Å². The fraction of sp³-hybridized carbons (Fsp3) is 0.467. The number of halogens is 1. The van der Waals surface area contributed by atoms with Gasteiger partial charge in [-0.05, 0) is 19.4 Å². The van der Waals surface area contributed by atoms with Gasteiger partial charge in [0.05, 0.1) is 24.1 Å². The minimum absolute atomic E-state index is 0.0665. The summed E-state index contributed by atoms with van der Waals surface area (Å²) < 4.78 is 7.26. The third-order valence-corrected chi connectivity index (χ3v) is 4.71. The number of carbonyl (C=O) groups is 1. The molecule has 7 nitrogen and oxygen atoms in total. The molecule has 1 amide bonds. The van der Waals surface area contributed by atoms with Crippen molar-refractivity contribution in [3.63, 3.8) is 0 Å². The predicted octanol–water partition coefficient (Wildman–Crippen LogP) is 1.08. The van der Waals surface area contributed by atoms with Crippen molar-refractivity contribution in [3.8, 4) is 0 Å². The molecule has 0 aromatic carbocycles. The van der Waals surface area contributed by atoms with Crippen LogP contribution in [0, 0.1) is 0 Å². The summed E-state index contributed by atoms with van der Waals surface area (Å²) in [7, 11) is 0. The second kappa shape index (κ2) is 5.28. The van der Waals surface area contributed by atoms with E-state index < -0.39 is 0 Å². The van der Waals surface area contributed by atoms with Gasteiger partial charge in [-0.25, -0.2) is 0 Å². The Labute approximate surface area is 136 Å². The molecule has 0 N–H and O–H groups in total. The monoisotopic (exact) mass is 334 g/mol. The van der Waals surface area contributed by atoms with Crippen LogP contribution in [0.25, 0.3) is 11.0 Å². The molecule has 0 unspecified atom stereocenters. The van der Waals surface area contributed by atoms with E-state index in [2.05, 4.69) is 10.2 Å². The number of aryl methyl sites for hydroxylation is 1. The van der Waals surface area contributed by atoms with Crippen LogP contribution in [-0.2, 0) is 11.3 Å². The lowest BCUT2D eigenvalue weighted by atomic mass is 10.1. The van der Waals surface area contributed by atoms with Gasteiger partial charge < -0.3 is 14.2 Å². The summed E-state index contributed by atoms with van der Waals surface area (Å²) in [4.78, 5) is 27.3. The Bertz CT molecular complexity index is 866. The van der Waals surface area contributed by atoms with Crippen LogP contribution < -0.4 is 5.43 Å². The predicted molar refractivity (Wildman–Crippen MR) is 83.7 cm³/mol. The smallest absolute Gasteiger partial charge is 0.259 e. The van der Waals surface area contributed by atoms with Gasteiger partial charge in [0.25, 0.3) is 5.91 Å². The summed E-state index contributed by atoms with van der Waals surface area (Å²) in [6, 6.07) is 1.53. The zero-order valence-electron chi connectivity index (χ0n) is 12.5. The number of pyridine rings is 1. The number of nitrogens with zero attached hydrogens (tertiary/aromatic N) is 4. The average Bonchev–Trinajstić information content (AvgIpc) is 3.18. The van der Waals surface area contributed by atoms with Crippen LogP contribution in [0.5, 0.6) is 0 Å². The van der Waals surface area contributed by atoms with E-state index in [9.17, 15) is 9.59 Å². The normalized spacial score (nSPS) is 23.0. The highest BCUT2D eigenvalue weighted by Gasteiger charge is 2.42. The highest BCUT2D eigenvalue weighted by molar-refractivity contribution is 6.29. The van der Waals surface area contributed by atoms with Gasteiger partial charge in [0.15, 0.2) is 10.8 Å². The number of morpholine rings is 1. The average molecular weight is 335 g/mol. The third-order valence-electron chi connectivity index (χ3n) is 4.52. The molecule has 23 heavy (non-hydrogen) atoms. The molecule has 0 spiro atoms. The number of rotatable bonds is 2. The van der Waals surface area contributed by atoms with Gasteiger partial charge in [-0.2, -0.15) is 0 Å². The van der Waals surface area contributed by atoms with Gasteiger partial charge >= 0.3 is 0 Å².